The van der Waals surface area contributed by atoms with E-state index in [9.17, 15) is 13.6 Å². The number of alkyl halides is 2. The number of hydrogen-bond donors (Lipinski definition) is 2. The second-order valence-electron chi connectivity index (χ2n) is 2.40. The molecule has 0 saturated heterocycles. The van der Waals surface area contributed by atoms with Crippen molar-refractivity contribution in [3.8, 4) is 5.75 Å². The fourth-order valence-electron chi connectivity index (χ4n) is 0.830. The first kappa shape index (κ1) is 10.6. The molecule has 7 heteroatoms. The van der Waals surface area contributed by atoms with Gasteiger partial charge in [-0.05, 0) is 6.07 Å². The van der Waals surface area contributed by atoms with E-state index in [0.29, 0.717) is 6.07 Å². The Morgan fingerprint density at radius 2 is 2.21 bits per heavy atom. The van der Waals surface area contributed by atoms with Crippen molar-refractivity contribution >= 4 is 17.5 Å². The van der Waals surface area contributed by atoms with E-state index in [-0.39, 0.29) is 0 Å². The molecule has 0 unspecified atom stereocenters. The highest BCUT2D eigenvalue weighted by Crippen LogP contribution is 2.29. The van der Waals surface area contributed by atoms with Crippen molar-refractivity contribution in [3.05, 3.63) is 22.5 Å². The van der Waals surface area contributed by atoms with Gasteiger partial charge in [0.05, 0.1) is 5.56 Å². The van der Waals surface area contributed by atoms with Crippen LogP contribution in [0.5, 0.6) is 5.75 Å². The van der Waals surface area contributed by atoms with Crippen molar-refractivity contribution < 1.29 is 18.7 Å². The smallest absolute Gasteiger partial charge is 0.271 e. The predicted molar refractivity (Wildman–Crippen MR) is 44.4 cm³/mol. The zero-order valence-corrected chi connectivity index (χ0v) is 7.42. The lowest BCUT2D eigenvalue weighted by Gasteiger charge is -2.05. The monoisotopic (exact) mass is 222 g/mol. The number of nitrogens with zero attached hydrogens (tertiary/aromatic N) is 1. The number of nitrogens with two attached hydrogens (primary N) is 1. The summed E-state index contributed by atoms with van der Waals surface area (Å²) in [6, 6.07) is 0.667. The van der Waals surface area contributed by atoms with Crippen LogP contribution in [0, 0.1) is 0 Å². The molecule has 1 rings (SSSR count). The molecule has 0 aliphatic heterocycles. The Morgan fingerprint density at radius 1 is 1.64 bits per heavy atom. The van der Waals surface area contributed by atoms with Crippen molar-refractivity contribution in [2.75, 3.05) is 0 Å². The molecule has 1 amide bonds. The second-order valence-corrected chi connectivity index (χ2v) is 2.76. The fraction of sp³-hybridized carbons (Fsp3) is 0.143. The Hall–Kier alpha value is -1.43. The van der Waals surface area contributed by atoms with Crippen LogP contribution in [0.1, 0.15) is 22.5 Å². The van der Waals surface area contributed by atoms with Gasteiger partial charge in [0.15, 0.2) is 5.69 Å². The van der Waals surface area contributed by atoms with E-state index in [1.165, 1.54) is 0 Å². The number of aromatic nitrogens is 1. The maximum Gasteiger partial charge on any atom is 0.271 e. The third kappa shape index (κ3) is 1.90. The molecule has 1 aromatic rings. The largest absolute Gasteiger partial charge is 0.505 e. The summed E-state index contributed by atoms with van der Waals surface area (Å²) < 4.78 is 24.4. The molecule has 0 aliphatic rings. The topological polar surface area (TPSA) is 76.2 Å². The van der Waals surface area contributed by atoms with Crippen LogP contribution in [0.25, 0.3) is 0 Å². The van der Waals surface area contributed by atoms with Crippen molar-refractivity contribution in [1.29, 1.82) is 0 Å². The van der Waals surface area contributed by atoms with E-state index in [4.69, 9.17) is 22.4 Å². The summed E-state index contributed by atoms with van der Waals surface area (Å²) in [4.78, 5) is 13.9. The lowest BCUT2D eigenvalue weighted by atomic mass is 10.2. The summed E-state index contributed by atoms with van der Waals surface area (Å²) in [5.74, 6) is -1.75. The fourth-order valence-corrected chi connectivity index (χ4v) is 1.05. The number of halogens is 3. The van der Waals surface area contributed by atoms with Gasteiger partial charge in [0, 0.05) is 0 Å². The molecule has 0 saturated carbocycles. The molecular weight excluding hydrogens is 218 g/mol. The minimum atomic E-state index is -2.87. The Balaban J connectivity index is 3.31. The number of aromatic hydroxyl groups is 1. The lowest BCUT2D eigenvalue weighted by Crippen LogP contribution is -2.14. The first-order valence-electron chi connectivity index (χ1n) is 3.41. The van der Waals surface area contributed by atoms with Crippen LogP contribution in [-0.4, -0.2) is 16.0 Å². The Bertz CT molecular complexity index is 384. The number of primary amides is 1. The van der Waals surface area contributed by atoms with Crippen molar-refractivity contribution in [2.45, 2.75) is 6.43 Å². The molecule has 0 atom stereocenters. The summed E-state index contributed by atoms with van der Waals surface area (Å²) in [5, 5.41) is 8.53. The summed E-state index contributed by atoms with van der Waals surface area (Å²) in [7, 11) is 0. The minimum absolute atomic E-state index is 0.528. The molecule has 0 bridgehead atoms. The van der Waals surface area contributed by atoms with Crippen LogP contribution in [0.4, 0.5) is 8.78 Å². The summed E-state index contributed by atoms with van der Waals surface area (Å²) in [5.41, 5.74) is 3.63. The Morgan fingerprint density at radius 3 is 2.64 bits per heavy atom. The molecule has 76 valence electrons. The number of amides is 1. The SMILES string of the molecule is NC(=O)c1nc(Cl)c(C(F)F)cc1O. The minimum Gasteiger partial charge on any atom is -0.505 e. The van der Waals surface area contributed by atoms with Gasteiger partial charge >= 0.3 is 0 Å². The number of carbonyl (C=O) groups excluding carboxylic acids is 1. The first-order valence-corrected chi connectivity index (χ1v) is 3.78. The Kier molecular flexibility index (Phi) is 2.85. The van der Waals surface area contributed by atoms with Gasteiger partial charge in [-0.1, -0.05) is 11.6 Å². The second kappa shape index (κ2) is 3.75. The third-order valence-electron chi connectivity index (χ3n) is 1.45. The predicted octanol–water partition coefficient (Wildman–Crippen LogP) is 1.48. The van der Waals surface area contributed by atoms with Gasteiger partial charge < -0.3 is 10.8 Å². The van der Waals surface area contributed by atoms with Gasteiger partial charge in [-0.2, -0.15) is 0 Å². The highest BCUT2D eigenvalue weighted by atomic mass is 35.5. The van der Waals surface area contributed by atoms with E-state index >= 15 is 0 Å². The van der Waals surface area contributed by atoms with Crippen LogP contribution in [0.15, 0.2) is 6.07 Å². The number of pyridine rings is 1. The van der Waals surface area contributed by atoms with Gasteiger partial charge in [-0.15, -0.1) is 0 Å². The van der Waals surface area contributed by atoms with Gasteiger partial charge in [0.25, 0.3) is 12.3 Å². The van der Waals surface area contributed by atoms with E-state index in [2.05, 4.69) is 4.98 Å². The molecule has 4 nitrogen and oxygen atoms in total. The molecule has 1 aromatic heterocycles. The molecule has 14 heavy (non-hydrogen) atoms. The van der Waals surface area contributed by atoms with Crippen LogP contribution < -0.4 is 5.73 Å². The van der Waals surface area contributed by atoms with Crippen LogP contribution in [0.2, 0.25) is 5.15 Å². The van der Waals surface area contributed by atoms with Crippen molar-refractivity contribution in [3.63, 3.8) is 0 Å². The first-order chi connectivity index (χ1) is 6.43. The molecular formula is C7H5ClF2N2O2. The van der Waals surface area contributed by atoms with E-state index in [1.54, 1.807) is 0 Å². The average Bonchev–Trinajstić information content (AvgIpc) is 2.07. The van der Waals surface area contributed by atoms with Gasteiger partial charge in [-0.3, -0.25) is 4.79 Å². The molecule has 0 radical (unpaired) electrons. The molecule has 3 N–H and O–H groups in total. The number of hydrogen-bond acceptors (Lipinski definition) is 3. The van der Waals surface area contributed by atoms with Crippen LogP contribution >= 0.6 is 11.6 Å². The van der Waals surface area contributed by atoms with Crippen LogP contribution in [-0.2, 0) is 0 Å². The summed E-state index contributed by atoms with van der Waals surface area (Å²) in [6.45, 7) is 0. The standard InChI is InChI=1S/C7H5ClF2N2O2/c8-5-2(6(9)10)1-3(13)4(12-5)7(11)14/h1,6,13H,(H2,11,14). The van der Waals surface area contributed by atoms with Crippen molar-refractivity contribution in [1.82, 2.24) is 4.98 Å². The van der Waals surface area contributed by atoms with Crippen LogP contribution in [0.3, 0.4) is 0 Å². The number of rotatable bonds is 2. The van der Waals surface area contributed by atoms with Gasteiger partial charge in [-0.25, -0.2) is 13.8 Å². The maximum atomic E-state index is 12.2. The summed E-state index contributed by atoms with van der Waals surface area (Å²) >= 11 is 5.33. The maximum absolute atomic E-state index is 12.2. The molecule has 0 spiro atoms. The average molecular weight is 223 g/mol. The summed E-state index contributed by atoms with van der Waals surface area (Å²) in [6.07, 6.45) is -2.87. The van der Waals surface area contributed by atoms with E-state index in [0.717, 1.165) is 0 Å². The highest BCUT2D eigenvalue weighted by molar-refractivity contribution is 6.30. The molecule has 0 aromatic carbocycles. The van der Waals surface area contributed by atoms with E-state index in [1.807, 2.05) is 0 Å². The zero-order chi connectivity index (χ0) is 10.9. The number of carbonyl (C=O) groups is 1. The van der Waals surface area contributed by atoms with Gasteiger partial charge in [0.1, 0.15) is 10.9 Å². The van der Waals surface area contributed by atoms with Crippen molar-refractivity contribution in [2.24, 2.45) is 5.73 Å². The lowest BCUT2D eigenvalue weighted by molar-refractivity contribution is 0.0991. The van der Waals surface area contributed by atoms with E-state index < -0.39 is 34.5 Å². The molecule has 0 fully saturated rings. The van der Waals surface area contributed by atoms with Gasteiger partial charge in [0.2, 0.25) is 0 Å². The Labute approximate surface area is 82.3 Å². The highest BCUT2D eigenvalue weighted by Gasteiger charge is 2.19. The normalized spacial score (nSPS) is 10.6. The molecule has 1 heterocycles. The molecule has 0 aliphatic carbocycles. The zero-order valence-electron chi connectivity index (χ0n) is 6.67. The third-order valence-corrected chi connectivity index (χ3v) is 1.75. The quantitative estimate of drug-likeness (QED) is 0.744.